The Morgan fingerprint density at radius 3 is 2.29 bits per heavy atom. The van der Waals surface area contributed by atoms with Crippen molar-refractivity contribution in [3.8, 4) is 0 Å². The maximum Gasteiger partial charge on any atom is 0.224 e. The van der Waals surface area contributed by atoms with E-state index in [0.717, 1.165) is 6.54 Å². The number of nitrogens with zero attached hydrogens (tertiary/aromatic N) is 1. The van der Waals surface area contributed by atoms with Crippen molar-refractivity contribution in [2.45, 2.75) is 37.5 Å². The van der Waals surface area contributed by atoms with Gasteiger partial charge in [-0.25, -0.2) is 0 Å². The smallest absolute Gasteiger partial charge is 0.224 e. The Morgan fingerprint density at radius 1 is 1.24 bits per heavy atom. The van der Waals surface area contributed by atoms with Gasteiger partial charge in [0.25, 0.3) is 0 Å². The molecular formula is C12H22N2O3. The molecule has 2 aliphatic rings. The van der Waals surface area contributed by atoms with E-state index in [2.05, 4.69) is 5.32 Å². The van der Waals surface area contributed by atoms with Gasteiger partial charge in [0.2, 0.25) is 5.91 Å². The molecule has 0 radical (unpaired) electrons. The summed E-state index contributed by atoms with van der Waals surface area (Å²) in [6.07, 6.45) is 3.12. The van der Waals surface area contributed by atoms with Crippen molar-refractivity contribution in [3.05, 3.63) is 0 Å². The minimum atomic E-state index is 0.0142. The Hall–Kier alpha value is -0.650. The summed E-state index contributed by atoms with van der Waals surface area (Å²) < 4.78 is 10.6. The maximum absolute atomic E-state index is 11.9. The minimum absolute atomic E-state index is 0.0142. The molecule has 0 aromatic heterocycles. The lowest BCUT2D eigenvalue weighted by Gasteiger charge is -2.15. The highest BCUT2D eigenvalue weighted by atomic mass is 16.5. The summed E-state index contributed by atoms with van der Waals surface area (Å²) in [5.74, 6) is 0.194. The lowest BCUT2D eigenvalue weighted by molar-refractivity contribution is -0.130. The lowest BCUT2D eigenvalue weighted by atomic mass is 10.3. The van der Waals surface area contributed by atoms with Gasteiger partial charge in [0.15, 0.2) is 0 Å². The lowest BCUT2D eigenvalue weighted by Crippen LogP contribution is -2.32. The molecule has 0 bridgehead atoms. The van der Waals surface area contributed by atoms with Gasteiger partial charge in [-0.3, -0.25) is 4.79 Å². The molecule has 1 amide bonds. The quantitative estimate of drug-likeness (QED) is 0.712. The average molecular weight is 242 g/mol. The number of rotatable bonds is 6. The summed E-state index contributed by atoms with van der Waals surface area (Å²) in [6, 6.07) is 0.667. The van der Waals surface area contributed by atoms with Crippen molar-refractivity contribution in [2.24, 2.45) is 0 Å². The SMILES string of the molecule is COC1CN(C(=O)CCNC2CC2)CC1OC. The Labute approximate surface area is 102 Å². The number of methoxy groups -OCH3 is 2. The van der Waals surface area contributed by atoms with E-state index in [4.69, 9.17) is 9.47 Å². The first-order valence-corrected chi connectivity index (χ1v) is 6.31. The van der Waals surface area contributed by atoms with Crippen molar-refractivity contribution in [3.63, 3.8) is 0 Å². The van der Waals surface area contributed by atoms with E-state index in [9.17, 15) is 4.79 Å². The molecule has 1 saturated carbocycles. The van der Waals surface area contributed by atoms with Crippen LogP contribution >= 0.6 is 0 Å². The monoisotopic (exact) mass is 242 g/mol. The van der Waals surface area contributed by atoms with Gasteiger partial charge in [-0.1, -0.05) is 0 Å². The largest absolute Gasteiger partial charge is 0.377 e. The zero-order chi connectivity index (χ0) is 12.3. The van der Waals surface area contributed by atoms with Crippen LogP contribution in [0.3, 0.4) is 0 Å². The van der Waals surface area contributed by atoms with Gasteiger partial charge >= 0.3 is 0 Å². The number of nitrogens with one attached hydrogen (secondary N) is 1. The Bertz CT molecular complexity index is 256. The van der Waals surface area contributed by atoms with E-state index >= 15 is 0 Å². The number of hydrogen-bond acceptors (Lipinski definition) is 4. The second-order valence-electron chi connectivity index (χ2n) is 4.83. The van der Waals surface area contributed by atoms with Crippen molar-refractivity contribution >= 4 is 5.91 Å². The molecule has 1 aliphatic heterocycles. The average Bonchev–Trinajstić information content (AvgIpc) is 3.06. The summed E-state index contributed by atoms with van der Waals surface area (Å²) in [6.45, 7) is 2.09. The van der Waals surface area contributed by atoms with Crippen LogP contribution in [0.2, 0.25) is 0 Å². The first kappa shape index (κ1) is 12.8. The van der Waals surface area contributed by atoms with E-state index in [1.807, 2.05) is 4.90 Å². The summed E-state index contributed by atoms with van der Waals surface area (Å²) in [4.78, 5) is 13.8. The van der Waals surface area contributed by atoms with E-state index in [-0.39, 0.29) is 18.1 Å². The molecule has 0 aromatic rings. The molecule has 1 heterocycles. The third-order valence-electron chi connectivity index (χ3n) is 3.52. The van der Waals surface area contributed by atoms with Gasteiger partial charge in [-0.15, -0.1) is 0 Å². The fourth-order valence-electron chi connectivity index (χ4n) is 2.23. The maximum atomic E-state index is 11.9. The van der Waals surface area contributed by atoms with Crippen LogP contribution in [0.5, 0.6) is 0 Å². The van der Waals surface area contributed by atoms with Crippen LogP contribution in [0.15, 0.2) is 0 Å². The van der Waals surface area contributed by atoms with Crippen LogP contribution in [0.25, 0.3) is 0 Å². The molecule has 5 heteroatoms. The first-order valence-electron chi connectivity index (χ1n) is 6.31. The standard InChI is InChI=1S/C12H22N2O3/c1-16-10-7-14(8-11(10)17-2)12(15)5-6-13-9-3-4-9/h9-11,13H,3-8H2,1-2H3. The minimum Gasteiger partial charge on any atom is -0.377 e. The number of ether oxygens (including phenoxy) is 2. The van der Waals surface area contributed by atoms with Crippen molar-refractivity contribution in [1.82, 2.24) is 10.2 Å². The third-order valence-corrected chi connectivity index (χ3v) is 3.52. The summed E-state index contributed by atoms with van der Waals surface area (Å²) in [5, 5.41) is 3.35. The van der Waals surface area contributed by atoms with Crippen LogP contribution in [0.4, 0.5) is 0 Å². The normalized spacial score (nSPS) is 28.7. The van der Waals surface area contributed by atoms with Gasteiger partial charge in [-0.2, -0.15) is 0 Å². The van der Waals surface area contributed by atoms with E-state index in [0.29, 0.717) is 25.6 Å². The van der Waals surface area contributed by atoms with Crippen LogP contribution in [0, 0.1) is 0 Å². The number of hydrogen-bond donors (Lipinski definition) is 1. The van der Waals surface area contributed by atoms with E-state index < -0.39 is 0 Å². The van der Waals surface area contributed by atoms with E-state index in [1.54, 1.807) is 14.2 Å². The number of amides is 1. The van der Waals surface area contributed by atoms with E-state index in [1.165, 1.54) is 12.8 Å². The Morgan fingerprint density at radius 2 is 1.82 bits per heavy atom. The molecule has 2 rings (SSSR count). The second kappa shape index (κ2) is 5.80. The predicted molar refractivity (Wildman–Crippen MR) is 63.8 cm³/mol. The van der Waals surface area contributed by atoms with Gasteiger partial charge in [0.1, 0.15) is 12.2 Å². The number of carbonyl (C=O) groups excluding carboxylic acids is 1. The fraction of sp³-hybridized carbons (Fsp3) is 0.917. The zero-order valence-electron chi connectivity index (χ0n) is 10.6. The number of likely N-dealkylation sites (tertiary alicyclic amines) is 1. The Balaban J connectivity index is 1.71. The van der Waals surface area contributed by atoms with Crippen molar-refractivity contribution in [1.29, 1.82) is 0 Å². The second-order valence-corrected chi connectivity index (χ2v) is 4.83. The van der Waals surface area contributed by atoms with Crippen molar-refractivity contribution in [2.75, 3.05) is 33.9 Å². The molecule has 0 aromatic carbocycles. The topological polar surface area (TPSA) is 50.8 Å². The van der Waals surface area contributed by atoms with Gasteiger partial charge < -0.3 is 19.7 Å². The molecule has 98 valence electrons. The molecule has 1 aliphatic carbocycles. The fourth-order valence-corrected chi connectivity index (χ4v) is 2.23. The van der Waals surface area contributed by atoms with Gasteiger partial charge in [0, 0.05) is 46.3 Å². The molecule has 5 nitrogen and oxygen atoms in total. The van der Waals surface area contributed by atoms with Gasteiger partial charge in [-0.05, 0) is 12.8 Å². The molecule has 2 atom stereocenters. The molecule has 0 spiro atoms. The van der Waals surface area contributed by atoms with Crippen LogP contribution < -0.4 is 5.32 Å². The van der Waals surface area contributed by atoms with Crippen LogP contribution in [-0.2, 0) is 14.3 Å². The molecule has 1 saturated heterocycles. The molecule has 17 heavy (non-hydrogen) atoms. The molecule has 2 unspecified atom stereocenters. The zero-order valence-corrected chi connectivity index (χ0v) is 10.6. The molecule has 1 N–H and O–H groups in total. The Kier molecular flexibility index (Phi) is 4.36. The summed E-state index contributed by atoms with van der Waals surface area (Å²) in [5.41, 5.74) is 0. The highest BCUT2D eigenvalue weighted by Crippen LogP contribution is 2.19. The van der Waals surface area contributed by atoms with Crippen molar-refractivity contribution < 1.29 is 14.3 Å². The summed E-state index contributed by atoms with van der Waals surface area (Å²) >= 11 is 0. The van der Waals surface area contributed by atoms with Crippen LogP contribution in [0.1, 0.15) is 19.3 Å². The number of carbonyl (C=O) groups is 1. The first-order chi connectivity index (χ1) is 8.24. The van der Waals surface area contributed by atoms with Gasteiger partial charge in [0.05, 0.1) is 0 Å². The molecule has 2 fully saturated rings. The predicted octanol–water partition coefficient (Wildman–Crippen LogP) is 0.000700. The molecular weight excluding hydrogens is 220 g/mol. The highest BCUT2D eigenvalue weighted by Gasteiger charge is 2.35. The third kappa shape index (κ3) is 3.40. The highest BCUT2D eigenvalue weighted by molar-refractivity contribution is 5.76. The summed E-state index contributed by atoms with van der Waals surface area (Å²) in [7, 11) is 3.33. The van der Waals surface area contributed by atoms with Crippen LogP contribution in [-0.4, -0.2) is 62.9 Å².